The second kappa shape index (κ2) is 7.41. The molecule has 2 aromatic carbocycles. The van der Waals surface area contributed by atoms with Crippen molar-refractivity contribution in [1.82, 2.24) is 19.7 Å². The molecule has 142 valence electrons. The van der Waals surface area contributed by atoms with Crippen molar-refractivity contribution in [3.8, 4) is 5.69 Å². The Labute approximate surface area is 170 Å². The van der Waals surface area contributed by atoms with Crippen LogP contribution in [-0.4, -0.2) is 19.7 Å². The minimum Gasteiger partial charge on any atom is -0.425 e. The van der Waals surface area contributed by atoms with E-state index in [1.54, 1.807) is 29.7 Å². The maximum absolute atomic E-state index is 13.4. The van der Waals surface area contributed by atoms with E-state index in [0.29, 0.717) is 38.6 Å². The van der Waals surface area contributed by atoms with E-state index < -0.39 is 0 Å². The van der Waals surface area contributed by atoms with Gasteiger partial charge in [-0.25, -0.2) is 4.98 Å². The Morgan fingerprint density at radius 1 is 1.14 bits per heavy atom. The lowest BCUT2D eigenvalue weighted by Gasteiger charge is -2.16. The normalized spacial score (nSPS) is 11.3. The van der Waals surface area contributed by atoms with E-state index in [1.807, 2.05) is 32.0 Å². The predicted octanol–water partition coefficient (Wildman–Crippen LogP) is 4.64. The van der Waals surface area contributed by atoms with Gasteiger partial charge in [-0.05, 0) is 49.2 Å². The monoisotopic (exact) mass is 412 g/mol. The van der Waals surface area contributed by atoms with Gasteiger partial charge in [0, 0.05) is 11.9 Å². The zero-order valence-electron chi connectivity index (χ0n) is 15.6. The smallest absolute Gasteiger partial charge is 0.266 e. The third-order valence-corrected chi connectivity index (χ3v) is 5.67. The first-order valence-electron chi connectivity index (χ1n) is 8.65. The van der Waals surface area contributed by atoms with E-state index in [1.165, 1.54) is 11.8 Å². The van der Waals surface area contributed by atoms with Gasteiger partial charge in [-0.1, -0.05) is 35.5 Å². The molecule has 0 unspecified atom stereocenters. The van der Waals surface area contributed by atoms with Crippen LogP contribution in [0.1, 0.15) is 22.9 Å². The number of rotatable bonds is 4. The molecule has 0 radical (unpaired) electrons. The van der Waals surface area contributed by atoms with Gasteiger partial charge in [-0.15, -0.1) is 10.2 Å². The Bertz CT molecular complexity index is 1250. The quantitative estimate of drug-likeness (QED) is 0.359. The Kier molecular flexibility index (Phi) is 4.95. The van der Waals surface area contributed by atoms with Gasteiger partial charge in [-0.2, -0.15) is 0 Å². The molecule has 0 fully saturated rings. The van der Waals surface area contributed by atoms with Crippen LogP contribution in [0.2, 0.25) is 5.02 Å². The van der Waals surface area contributed by atoms with Crippen LogP contribution in [0.25, 0.3) is 16.6 Å². The Morgan fingerprint density at radius 3 is 2.71 bits per heavy atom. The van der Waals surface area contributed by atoms with Gasteiger partial charge in [0.25, 0.3) is 5.56 Å². The number of benzene rings is 2. The predicted molar refractivity (Wildman–Crippen MR) is 110 cm³/mol. The molecule has 0 atom stereocenters. The number of halogens is 1. The molecule has 6 nitrogen and oxygen atoms in total. The summed E-state index contributed by atoms with van der Waals surface area (Å²) >= 11 is 7.48. The molecule has 4 rings (SSSR count). The summed E-state index contributed by atoms with van der Waals surface area (Å²) in [7, 11) is 0. The van der Waals surface area contributed by atoms with Gasteiger partial charge in [-0.3, -0.25) is 9.36 Å². The van der Waals surface area contributed by atoms with Crippen LogP contribution in [0.3, 0.4) is 0 Å². The first kappa shape index (κ1) is 18.7. The number of aryl methyl sites for hydroxylation is 2. The van der Waals surface area contributed by atoms with E-state index in [0.717, 1.165) is 16.8 Å². The van der Waals surface area contributed by atoms with Crippen molar-refractivity contribution in [3.63, 3.8) is 0 Å². The van der Waals surface area contributed by atoms with Gasteiger partial charge >= 0.3 is 0 Å². The van der Waals surface area contributed by atoms with Gasteiger partial charge in [0.15, 0.2) is 5.16 Å². The molecule has 0 amide bonds. The fourth-order valence-corrected chi connectivity index (χ4v) is 3.96. The number of fused-ring (bicyclic) bond motifs is 1. The fraction of sp³-hybridized carbons (Fsp3) is 0.200. The summed E-state index contributed by atoms with van der Waals surface area (Å²) in [5, 5.41) is 9.47. The van der Waals surface area contributed by atoms with Gasteiger partial charge < -0.3 is 4.42 Å². The van der Waals surface area contributed by atoms with E-state index in [2.05, 4.69) is 10.2 Å². The molecule has 2 heterocycles. The van der Waals surface area contributed by atoms with Crippen molar-refractivity contribution in [3.05, 3.63) is 74.7 Å². The number of aromatic nitrogens is 4. The molecule has 2 aromatic heterocycles. The Balaban J connectivity index is 1.92. The molecular weight excluding hydrogens is 396 g/mol. The van der Waals surface area contributed by atoms with Crippen molar-refractivity contribution >= 4 is 34.3 Å². The maximum Gasteiger partial charge on any atom is 0.266 e. The number of thioether (sulfide) groups is 1. The van der Waals surface area contributed by atoms with Gasteiger partial charge in [0.2, 0.25) is 11.8 Å². The summed E-state index contributed by atoms with van der Waals surface area (Å²) in [6.07, 6.45) is 0. The molecular formula is C20H17ClN4O2S. The molecule has 0 aliphatic carbocycles. The molecule has 0 N–H and O–H groups in total. The summed E-state index contributed by atoms with van der Waals surface area (Å²) in [5.74, 6) is 1.39. The molecule has 0 spiro atoms. The lowest BCUT2D eigenvalue weighted by molar-refractivity contribution is 0.485. The highest BCUT2D eigenvalue weighted by molar-refractivity contribution is 7.98. The van der Waals surface area contributed by atoms with Crippen LogP contribution in [0.4, 0.5) is 0 Å². The topological polar surface area (TPSA) is 73.8 Å². The van der Waals surface area contributed by atoms with Crippen LogP contribution in [0.5, 0.6) is 0 Å². The van der Waals surface area contributed by atoms with E-state index in [-0.39, 0.29) is 5.56 Å². The van der Waals surface area contributed by atoms with Crippen LogP contribution in [0, 0.1) is 20.8 Å². The minimum atomic E-state index is -0.139. The maximum atomic E-state index is 13.4. The van der Waals surface area contributed by atoms with Crippen molar-refractivity contribution in [2.24, 2.45) is 0 Å². The second-order valence-electron chi connectivity index (χ2n) is 6.42. The zero-order chi connectivity index (χ0) is 19.8. The van der Waals surface area contributed by atoms with Crippen molar-refractivity contribution in [2.45, 2.75) is 31.7 Å². The van der Waals surface area contributed by atoms with Crippen LogP contribution >= 0.6 is 23.4 Å². The average molecular weight is 413 g/mol. The Morgan fingerprint density at radius 2 is 1.96 bits per heavy atom. The third-order valence-electron chi connectivity index (χ3n) is 4.51. The second-order valence-corrected chi connectivity index (χ2v) is 7.80. The molecule has 0 aliphatic rings. The molecule has 0 aliphatic heterocycles. The largest absolute Gasteiger partial charge is 0.425 e. The molecule has 4 aromatic rings. The van der Waals surface area contributed by atoms with Crippen molar-refractivity contribution < 1.29 is 4.42 Å². The number of nitrogens with zero attached hydrogens (tertiary/aromatic N) is 4. The minimum absolute atomic E-state index is 0.139. The fourth-order valence-electron chi connectivity index (χ4n) is 2.95. The first-order valence-corrected chi connectivity index (χ1v) is 10.0. The van der Waals surface area contributed by atoms with E-state index in [4.69, 9.17) is 21.0 Å². The van der Waals surface area contributed by atoms with Gasteiger partial charge in [0.1, 0.15) is 0 Å². The van der Waals surface area contributed by atoms with E-state index >= 15 is 0 Å². The number of hydrogen-bond donors (Lipinski definition) is 0. The van der Waals surface area contributed by atoms with Gasteiger partial charge in [0.05, 0.1) is 22.3 Å². The summed E-state index contributed by atoms with van der Waals surface area (Å²) in [4.78, 5) is 18.1. The highest BCUT2D eigenvalue weighted by atomic mass is 35.5. The zero-order valence-corrected chi connectivity index (χ0v) is 17.1. The average Bonchev–Trinajstić information content (AvgIpc) is 3.08. The first-order chi connectivity index (χ1) is 13.4. The summed E-state index contributed by atoms with van der Waals surface area (Å²) in [6, 6.07) is 11.0. The van der Waals surface area contributed by atoms with Crippen LogP contribution in [-0.2, 0) is 5.75 Å². The third kappa shape index (κ3) is 3.43. The molecule has 0 bridgehead atoms. The molecule has 28 heavy (non-hydrogen) atoms. The SMILES string of the molecule is Cc1nnc(CSc2nc3cc(Cl)ccc3c(=O)n2-c2cccc(C)c2C)o1. The molecule has 0 saturated heterocycles. The lowest BCUT2D eigenvalue weighted by Crippen LogP contribution is -2.22. The van der Waals surface area contributed by atoms with Crippen molar-refractivity contribution in [2.75, 3.05) is 0 Å². The molecule has 0 saturated carbocycles. The summed E-state index contributed by atoms with van der Waals surface area (Å²) < 4.78 is 7.10. The van der Waals surface area contributed by atoms with Crippen molar-refractivity contribution in [1.29, 1.82) is 0 Å². The van der Waals surface area contributed by atoms with E-state index in [9.17, 15) is 4.79 Å². The standard InChI is InChI=1S/C20H17ClN4O2S/c1-11-5-4-6-17(12(11)2)25-19(26)15-8-7-14(21)9-16(15)22-20(25)28-10-18-24-23-13(3)27-18/h4-9H,10H2,1-3H3. The summed E-state index contributed by atoms with van der Waals surface area (Å²) in [5.41, 5.74) is 3.35. The van der Waals surface area contributed by atoms with Crippen LogP contribution < -0.4 is 5.56 Å². The summed E-state index contributed by atoms with van der Waals surface area (Å²) in [6.45, 7) is 5.76. The highest BCUT2D eigenvalue weighted by Gasteiger charge is 2.17. The van der Waals surface area contributed by atoms with Crippen LogP contribution in [0.15, 0.2) is 50.8 Å². The Hall–Kier alpha value is -2.64. The number of hydrogen-bond acceptors (Lipinski definition) is 6. The lowest BCUT2D eigenvalue weighted by atomic mass is 10.1. The molecule has 8 heteroatoms. The highest BCUT2D eigenvalue weighted by Crippen LogP contribution is 2.27.